The SMILES string of the molecule is C=C(c1cc(-c2cncc(CN3CCCCC3)c2)ccc1NC)C(C)NC(/C=C\CNCCN(C)C)=C/C. The highest BCUT2D eigenvalue weighted by molar-refractivity contribution is 5.82. The normalized spacial score (nSPS) is 15.7. The van der Waals surface area contributed by atoms with Crippen LogP contribution in [0, 0.1) is 0 Å². The molecule has 0 spiro atoms. The second-order valence-corrected chi connectivity index (χ2v) is 10.5. The molecule has 2 heterocycles. The maximum absolute atomic E-state index is 4.59. The second-order valence-electron chi connectivity index (χ2n) is 10.5. The number of pyridine rings is 1. The van der Waals surface area contributed by atoms with Crippen molar-refractivity contribution in [3.8, 4) is 11.1 Å². The van der Waals surface area contributed by atoms with Gasteiger partial charge >= 0.3 is 0 Å². The summed E-state index contributed by atoms with van der Waals surface area (Å²) in [6.45, 7) is 14.9. The van der Waals surface area contributed by atoms with Gasteiger partial charge in [-0.05, 0) is 94.8 Å². The van der Waals surface area contributed by atoms with Crippen LogP contribution in [0.25, 0.3) is 16.7 Å². The summed E-state index contributed by atoms with van der Waals surface area (Å²) >= 11 is 0. The van der Waals surface area contributed by atoms with E-state index in [9.17, 15) is 0 Å². The van der Waals surface area contributed by atoms with Crippen molar-refractivity contribution >= 4 is 11.3 Å². The summed E-state index contributed by atoms with van der Waals surface area (Å²) in [5.41, 5.74) is 7.92. The van der Waals surface area contributed by atoms with Gasteiger partial charge in [-0.1, -0.05) is 31.2 Å². The number of nitrogens with zero attached hydrogens (tertiary/aromatic N) is 3. The first kappa shape index (κ1) is 29.6. The van der Waals surface area contributed by atoms with E-state index in [0.717, 1.165) is 59.8 Å². The number of benzene rings is 1. The molecule has 1 aromatic carbocycles. The molecule has 206 valence electrons. The molecule has 1 aliphatic heterocycles. The molecule has 3 N–H and O–H groups in total. The number of piperidine rings is 1. The Kier molecular flexibility index (Phi) is 12.1. The highest BCUT2D eigenvalue weighted by Crippen LogP contribution is 2.31. The lowest BCUT2D eigenvalue weighted by Crippen LogP contribution is -2.29. The van der Waals surface area contributed by atoms with E-state index in [4.69, 9.17) is 0 Å². The van der Waals surface area contributed by atoms with Gasteiger partial charge in [0.05, 0.1) is 0 Å². The van der Waals surface area contributed by atoms with E-state index < -0.39 is 0 Å². The number of hydrogen-bond donors (Lipinski definition) is 3. The minimum atomic E-state index is 0.0680. The number of allylic oxidation sites excluding steroid dienone is 2. The fourth-order valence-corrected chi connectivity index (χ4v) is 4.79. The lowest BCUT2D eigenvalue weighted by atomic mass is 9.94. The van der Waals surface area contributed by atoms with Gasteiger partial charge in [0.25, 0.3) is 0 Å². The van der Waals surface area contributed by atoms with Gasteiger partial charge in [-0.25, -0.2) is 0 Å². The van der Waals surface area contributed by atoms with Crippen molar-refractivity contribution in [2.45, 2.75) is 45.7 Å². The fraction of sp³-hybridized carbons (Fsp3) is 0.469. The minimum Gasteiger partial charge on any atom is -0.388 e. The van der Waals surface area contributed by atoms with Crippen LogP contribution in [0.2, 0.25) is 0 Å². The van der Waals surface area contributed by atoms with Crippen molar-refractivity contribution < 1.29 is 0 Å². The Morgan fingerprint density at radius 1 is 1.13 bits per heavy atom. The van der Waals surface area contributed by atoms with Crippen LogP contribution >= 0.6 is 0 Å². The Hall–Kier alpha value is -2.93. The van der Waals surface area contributed by atoms with Crippen LogP contribution in [0.1, 0.15) is 44.2 Å². The lowest BCUT2D eigenvalue weighted by molar-refractivity contribution is 0.220. The molecular formula is C32H48N6. The first-order valence-electron chi connectivity index (χ1n) is 14.0. The van der Waals surface area contributed by atoms with Crippen molar-refractivity contribution in [2.75, 3.05) is 59.2 Å². The van der Waals surface area contributed by atoms with E-state index in [2.05, 4.69) is 108 Å². The standard InChI is InChI=1S/C32H48N6/c1-7-30(12-11-15-34-16-19-37(5)6)36-26(3)25(2)31-21-28(13-14-32(31)33-4)29-20-27(22-35-23-29)24-38-17-9-8-10-18-38/h7,11-14,20-23,26,33-34,36H,2,8-10,15-19,24H2,1,3-6H3/b12-11-,30-7+. The van der Waals surface area contributed by atoms with Crippen molar-refractivity contribution in [3.05, 3.63) is 78.3 Å². The van der Waals surface area contributed by atoms with Crippen LogP contribution in [0.15, 0.2) is 67.2 Å². The van der Waals surface area contributed by atoms with E-state index in [1.807, 2.05) is 19.4 Å². The highest BCUT2D eigenvalue weighted by atomic mass is 15.1. The molecule has 1 unspecified atom stereocenters. The van der Waals surface area contributed by atoms with Crippen molar-refractivity contribution in [1.29, 1.82) is 0 Å². The van der Waals surface area contributed by atoms with Crippen molar-refractivity contribution in [1.82, 2.24) is 25.4 Å². The number of likely N-dealkylation sites (tertiary alicyclic amines) is 1. The van der Waals surface area contributed by atoms with E-state index in [1.165, 1.54) is 37.9 Å². The number of aromatic nitrogens is 1. The van der Waals surface area contributed by atoms with Gasteiger partial charge in [0.1, 0.15) is 0 Å². The Morgan fingerprint density at radius 2 is 1.92 bits per heavy atom. The van der Waals surface area contributed by atoms with Crippen molar-refractivity contribution in [3.63, 3.8) is 0 Å². The van der Waals surface area contributed by atoms with Crippen molar-refractivity contribution in [2.24, 2.45) is 0 Å². The summed E-state index contributed by atoms with van der Waals surface area (Å²) < 4.78 is 0. The van der Waals surface area contributed by atoms with E-state index in [1.54, 1.807) is 0 Å². The van der Waals surface area contributed by atoms with Gasteiger partial charge < -0.3 is 20.9 Å². The summed E-state index contributed by atoms with van der Waals surface area (Å²) in [5, 5.41) is 10.4. The number of nitrogens with one attached hydrogen (secondary N) is 3. The molecule has 38 heavy (non-hydrogen) atoms. The van der Waals surface area contributed by atoms with Gasteiger partial charge in [-0.2, -0.15) is 0 Å². The average Bonchev–Trinajstić information content (AvgIpc) is 2.93. The molecule has 1 saturated heterocycles. The molecule has 2 aromatic rings. The molecule has 0 amide bonds. The Morgan fingerprint density at radius 3 is 2.63 bits per heavy atom. The molecular weight excluding hydrogens is 468 g/mol. The third-order valence-electron chi connectivity index (χ3n) is 7.13. The van der Waals surface area contributed by atoms with E-state index in [-0.39, 0.29) is 6.04 Å². The van der Waals surface area contributed by atoms with E-state index >= 15 is 0 Å². The maximum atomic E-state index is 4.59. The first-order chi connectivity index (χ1) is 18.4. The molecule has 1 aromatic heterocycles. The molecule has 0 radical (unpaired) electrons. The molecule has 0 saturated carbocycles. The van der Waals surface area contributed by atoms with Gasteiger partial charge in [0, 0.05) is 74.2 Å². The summed E-state index contributed by atoms with van der Waals surface area (Å²) in [6.07, 6.45) is 14.3. The van der Waals surface area contributed by atoms with Crippen LogP contribution in [-0.4, -0.2) is 74.7 Å². The minimum absolute atomic E-state index is 0.0680. The number of rotatable bonds is 14. The highest BCUT2D eigenvalue weighted by Gasteiger charge is 2.15. The monoisotopic (exact) mass is 516 g/mol. The Balaban J connectivity index is 1.68. The van der Waals surface area contributed by atoms with Crippen LogP contribution < -0.4 is 16.0 Å². The van der Waals surface area contributed by atoms with Crippen LogP contribution in [0.5, 0.6) is 0 Å². The average molecular weight is 517 g/mol. The molecule has 6 nitrogen and oxygen atoms in total. The molecule has 0 aliphatic carbocycles. The topological polar surface area (TPSA) is 55.5 Å². The third kappa shape index (κ3) is 9.12. The first-order valence-corrected chi connectivity index (χ1v) is 14.0. The predicted octanol–water partition coefficient (Wildman–Crippen LogP) is 5.38. The molecule has 1 fully saturated rings. The van der Waals surface area contributed by atoms with Crippen LogP contribution in [0.4, 0.5) is 5.69 Å². The molecule has 1 aliphatic rings. The molecule has 1 atom stereocenters. The largest absolute Gasteiger partial charge is 0.388 e. The van der Waals surface area contributed by atoms with E-state index in [0.29, 0.717) is 0 Å². The zero-order chi connectivity index (χ0) is 27.3. The molecule has 0 bridgehead atoms. The number of likely N-dealkylation sites (N-methyl/N-ethyl adjacent to an activating group) is 1. The fourth-order valence-electron chi connectivity index (χ4n) is 4.79. The number of anilines is 1. The quantitative estimate of drug-likeness (QED) is 0.232. The lowest BCUT2D eigenvalue weighted by Gasteiger charge is -2.26. The van der Waals surface area contributed by atoms with Gasteiger partial charge in [-0.15, -0.1) is 0 Å². The molecule has 6 heteroatoms. The Labute approximate surface area is 230 Å². The maximum Gasteiger partial charge on any atom is 0.0486 e. The van der Waals surface area contributed by atoms with Gasteiger partial charge in [0.15, 0.2) is 0 Å². The van der Waals surface area contributed by atoms with Gasteiger partial charge in [0.2, 0.25) is 0 Å². The summed E-state index contributed by atoms with van der Waals surface area (Å²) in [6, 6.07) is 8.92. The summed E-state index contributed by atoms with van der Waals surface area (Å²) in [5.74, 6) is 0. The molecule has 3 rings (SSSR count). The van der Waals surface area contributed by atoms with Crippen LogP contribution in [-0.2, 0) is 6.54 Å². The zero-order valence-electron chi connectivity index (χ0n) is 24.2. The predicted molar refractivity (Wildman–Crippen MR) is 164 cm³/mol. The summed E-state index contributed by atoms with van der Waals surface area (Å²) in [4.78, 5) is 9.31. The number of hydrogen-bond acceptors (Lipinski definition) is 6. The second kappa shape index (κ2) is 15.5. The zero-order valence-corrected chi connectivity index (χ0v) is 24.2. The van der Waals surface area contributed by atoms with Crippen LogP contribution in [0.3, 0.4) is 0 Å². The third-order valence-corrected chi connectivity index (χ3v) is 7.13. The Bertz CT molecular complexity index is 1080. The summed E-state index contributed by atoms with van der Waals surface area (Å²) in [7, 11) is 6.15. The van der Waals surface area contributed by atoms with Gasteiger partial charge in [-0.3, -0.25) is 9.88 Å². The smallest absolute Gasteiger partial charge is 0.0486 e.